The molecule has 4 fully saturated rings. The van der Waals surface area contributed by atoms with Crippen molar-refractivity contribution in [1.29, 1.82) is 0 Å². The molecule has 3 saturated heterocycles. The van der Waals surface area contributed by atoms with Gasteiger partial charge in [-0.2, -0.15) is 5.06 Å². The molecule has 0 aromatic carbocycles. The molecule has 1 saturated carbocycles. The van der Waals surface area contributed by atoms with Gasteiger partial charge < -0.3 is 15.0 Å². The van der Waals surface area contributed by atoms with Crippen LogP contribution in [0.4, 0.5) is 0 Å². The number of hydrogen-bond acceptors (Lipinski definition) is 4. The van der Waals surface area contributed by atoms with E-state index < -0.39 is 0 Å². The van der Waals surface area contributed by atoms with Crippen molar-refractivity contribution < 1.29 is 5.21 Å². The smallest absolute Gasteiger partial charge is 0.0296 e. The average molecular weight is 307 g/mol. The number of hydrogen-bond donors (Lipinski definition) is 1. The molecule has 4 rings (SSSR count). The van der Waals surface area contributed by atoms with Crippen LogP contribution in [0.5, 0.6) is 0 Å². The van der Waals surface area contributed by atoms with E-state index in [1.165, 1.54) is 71.1 Å². The Morgan fingerprint density at radius 1 is 1.05 bits per heavy atom. The second kappa shape index (κ2) is 6.04. The summed E-state index contributed by atoms with van der Waals surface area (Å²) in [5, 5.41) is 11.2. The second-order valence-electron chi connectivity index (χ2n) is 8.41. The van der Waals surface area contributed by atoms with Gasteiger partial charge in [-0.05, 0) is 82.5 Å². The zero-order chi connectivity index (χ0) is 15.2. The fourth-order valence-electron chi connectivity index (χ4n) is 5.89. The molecule has 22 heavy (non-hydrogen) atoms. The van der Waals surface area contributed by atoms with Gasteiger partial charge in [-0.15, -0.1) is 0 Å². The first kappa shape index (κ1) is 15.4. The number of nitrogens with zero attached hydrogens (tertiary/aromatic N) is 3. The van der Waals surface area contributed by atoms with E-state index in [0.29, 0.717) is 5.41 Å². The highest BCUT2D eigenvalue weighted by molar-refractivity contribution is 5.03. The van der Waals surface area contributed by atoms with Crippen molar-refractivity contribution in [2.45, 2.75) is 64.0 Å². The van der Waals surface area contributed by atoms with E-state index in [1.54, 1.807) is 5.06 Å². The van der Waals surface area contributed by atoms with E-state index >= 15 is 0 Å². The SMILES string of the molecule is CCN1CCCC1C1CCN(C2CC3(CCN(O)C3)C2)CC1. The van der Waals surface area contributed by atoms with Crippen molar-refractivity contribution in [3.8, 4) is 0 Å². The van der Waals surface area contributed by atoms with E-state index in [0.717, 1.165) is 31.1 Å². The van der Waals surface area contributed by atoms with Gasteiger partial charge in [0.1, 0.15) is 0 Å². The third-order valence-corrected chi connectivity index (χ3v) is 7.21. The molecule has 126 valence electrons. The van der Waals surface area contributed by atoms with Crippen LogP contribution in [0.25, 0.3) is 0 Å². The number of rotatable bonds is 3. The fourth-order valence-corrected chi connectivity index (χ4v) is 5.89. The Labute approximate surface area is 135 Å². The Kier molecular flexibility index (Phi) is 4.22. The molecule has 4 aliphatic rings. The lowest BCUT2D eigenvalue weighted by molar-refractivity contribution is -0.0949. The summed E-state index contributed by atoms with van der Waals surface area (Å²) in [5.74, 6) is 0.951. The van der Waals surface area contributed by atoms with Gasteiger partial charge in [0, 0.05) is 25.2 Å². The van der Waals surface area contributed by atoms with Gasteiger partial charge in [0.25, 0.3) is 0 Å². The molecule has 3 aliphatic heterocycles. The van der Waals surface area contributed by atoms with E-state index in [9.17, 15) is 5.21 Å². The van der Waals surface area contributed by atoms with Crippen molar-refractivity contribution in [1.82, 2.24) is 14.9 Å². The predicted octanol–water partition coefficient (Wildman–Crippen LogP) is 2.43. The lowest BCUT2D eigenvalue weighted by Crippen LogP contribution is -2.54. The summed E-state index contributed by atoms with van der Waals surface area (Å²) in [6.07, 6.45) is 9.56. The minimum Gasteiger partial charge on any atom is -0.314 e. The molecule has 0 aromatic heterocycles. The Morgan fingerprint density at radius 2 is 1.82 bits per heavy atom. The van der Waals surface area contributed by atoms with Crippen molar-refractivity contribution in [3.05, 3.63) is 0 Å². The topological polar surface area (TPSA) is 30.0 Å². The number of hydroxylamine groups is 2. The Hall–Kier alpha value is -0.160. The van der Waals surface area contributed by atoms with Crippen LogP contribution in [0.3, 0.4) is 0 Å². The van der Waals surface area contributed by atoms with Gasteiger partial charge >= 0.3 is 0 Å². The molecule has 0 radical (unpaired) electrons. The summed E-state index contributed by atoms with van der Waals surface area (Å²) in [6.45, 7) is 9.37. The van der Waals surface area contributed by atoms with Crippen LogP contribution in [0.1, 0.15) is 51.9 Å². The van der Waals surface area contributed by atoms with Crippen molar-refractivity contribution in [2.24, 2.45) is 11.3 Å². The minimum atomic E-state index is 0.473. The third kappa shape index (κ3) is 2.72. The highest BCUT2D eigenvalue weighted by Gasteiger charge is 2.50. The summed E-state index contributed by atoms with van der Waals surface area (Å²) in [5.41, 5.74) is 0.473. The highest BCUT2D eigenvalue weighted by atomic mass is 16.5. The maximum absolute atomic E-state index is 9.65. The van der Waals surface area contributed by atoms with Gasteiger partial charge in [-0.1, -0.05) is 6.92 Å². The molecule has 0 amide bonds. The summed E-state index contributed by atoms with van der Waals surface area (Å²) in [4.78, 5) is 5.50. The maximum Gasteiger partial charge on any atom is 0.0296 e. The molecule has 1 atom stereocenters. The van der Waals surface area contributed by atoms with Gasteiger partial charge in [-0.3, -0.25) is 0 Å². The van der Waals surface area contributed by atoms with E-state index in [2.05, 4.69) is 16.7 Å². The fraction of sp³-hybridized carbons (Fsp3) is 1.00. The third-order valence-electron chi connectivity index (χ3n) is 7.21. The van der Waals surface area contributed by atoms with Gasteiger partial charge in [0.2, 0.25) is 0 Å². The van der Waals surface area contributed by atoms with E-state index in [4.69, 9.17) is 0 Å². The van der Waals surface area contributed by atoms with Crippen molar-refractivity contribution in [2.75, 3.05) is 39.3 Å². The quantitative estimate of drug-likeness (QED) is 0.867. The summed E-state index contributed by atoms with van der Waals surface area (Å²) < 4.78 is 0. The zero-order valence-electron chi connectivity index (χ0n) is 14.2. The molecular formula is C18H33N3O. The van der Waals surface area contributed by atoms with E-state index in [-0.39, 0.29) is 0 Å². The normalized spacial score (nSPS) is 42.3. The predicted molar refractivity (Wildman–Crippen MR) is 88.0 cm³/mol. The number of piperidine rings is 1. The van der Waals surface area contributed by atoms with Crippen LogP contribution in [0.2, 0.25) is 0 Å². The van der Waals surface area contributed by atoms with Crippen LogP contribution in [-0.4, -0.2) is 71.4 Å². The van der Waals surface area contributed by atoms with Crippen LogP contribution in [0, 0.1) is 11.3 Å². The monoisotopic (exact) mass is 307 g/mol. The molecule has 4 nitrogen and oxygen atoms in total. The lowest BCUT2D eigenvalue weighted by Gasteiger charge is -2.52. The maximum atomic E-state index is 9.65. The molecule has 1 N–H and O–H groups in total. The highest BCUT2D eigenvalue weighted by Crippen LogP contribution is 2.50. The van der Waals surface area contributed by atoms with Crippen LogP contribution in [-0.2, 0) is 0 Å². The molecule has 1 aliphatic carbocycles. The summed E-state index contributed by atoms with van der Waals surface area (Å²) in [7, 11) is 0. The Balaban J connectivity index is 1.25. The summed E-state index contributed by atoms with van der Waals surface area (Å²) in [6, 6.07) is 1.70. The molecule has 1 unspecified atom stereocenters. The molecule has 1 spiro atoms. The second-order valence-corrected chi connectivity index (χ2v) is 8.41. The minimum absolute atomic E-state index is 0.473. The molecule has 0 bridgehead atoms. The Morgan fingerprint density at radius 3 is 2.45 bits per heavy atom. The first-order valence-electron chi connectivity index (χ1n) is 9.61. The Bertz CT molecular complexity index is 388. The molecule has 0 aromatic rings. The van der Waals surface area contributed by atoms with E-state index in [1.807, 2.05) is 0 Å². The molecular weight excluding hydrogens is 274 g/mol. The molecule has 3 heterocycles. The first-order chi connectivity index (χ1) is 10.7. The number of likely N-dealkylation sites (tertiary alicyclic amines) is 2. The van der Waals surface area contributed by atoms with Crippen LogP contribution < -0.4 is 0 Å². The zero-order valence-corrected chi connectivity index (χ0v) is 14.2. The van der Waals surface area contributed by atoms with Crippen molar-refractivity contribution >= 4 is 0 Å². The first-order valence-corrected chi connectivity index (χ1v) is 9.61. The summed E-state index contributed by atoms with van der Waals surface area (Å²) >= 11 is 0. The standard InChI is InChI=1S/C18H33N3O/c1-2-19-8-3-4-17(19)15-5-9-20(10-6-15)16-12-18(13-16)7-11-21(22)14-18/h15-17,22H,2-14H2,1H3. The van der Waals surface area contributed by atoms with Crippen LogP contribution in [0.15, 0.2) is 0 Å². The average Bonchev–Trinajstić information content (AvgIpc) is 3.12. The van der Waals surface area contributed by atoms with Gasteiger partial charge in [0.15, 0.2) is 0 Å². The van der Waals surface area contributed by atoms with Crippen molar-refractivity contribution in [3.63, 3.8) is 0 Å². The van der Waals surface area contributed by atoms with Crippen LogP contribution >= 0.6 is 0 Å². The van der Waals surface area contributed by atoms with Gasteiger partial charge in [0.05, 0.1) is 0 Å². The molecule has 4 heteroatoms. The lowest BCUT2D eigenvalue weighted by atomic mass is 9.64. The van der Waals surface area contributed by atoms with Gasteiger partial charge in [-0.25, -0.2) is 0 Å². The largest absolute Gasteiger partial charge is 0.314 e.